The van der Waals surface area contributed by atoms with Crippen molar-refractivity contribution in [1.29, 1.82) is 0 Å². The van der Waals surface area contributed by atoms with E-state index in [9.17, 15) is 4.79 Å². The molecule has 7 nitrogen and oxygen atoms in total. The van der Waals surface area contributed by atoms with Crippen molar-refractivity contribution < 1.29 is 9.53 Å². The lowest BCUT2D eigenvalue weighted by molar-refractivity contribution is 0.00637. The second-order valence-electron chi connectivity index (χ2n) is 4.91. The van der Waals surface area contributed by atoms with E-state index >= 15 is 0 Å². The first-order valence-electron chi connectivity index (χ1n) is 5.49. The van der Waals surface area contributed by atoms with Gasteiger partial charge >= 0.3 is 5.97 Å². The molecule has 0 amide bonds. The summed E-state index contributed by atoms with van der Waals surface area (Å²) in [7, 11) is 1.82. The summed E-state index contributed by atoms with van der Waals surface area (Å²) >= 11 is 0. The van der Waals surface area contributed by atoms with Crippen LogP contribution in [0.25, 0.3) is 11.4 Å². The molecule has 2 heterocycles. The Kier molecular flexibility index (Phi) is 2.90. The van der Waals surface area contributed by atoms with Gasteiger partial charge in [0.25, 0.3) is 0 Å². The summed E-state index contributed by atoms with van der Waals surface area (Å²) in [4.78, 5) is 16.0. The van der Waals surface area contributed by atoms with Crippen molar-refractivity contribution in [1.82, 2.24) is 25.0 Å². The fourth-order valence-corrected chi connectivity index (χ4v) is 1.46. The van der Waals surface area contributed by atoms with Crippen LogP contribution in [-0.2, 0) is 11.8 Å². The predicted molar refractivity (Wildman–Crippen MR) is 63.8 cm³/mol. The lowest BCUT2D eigenvalue weighted by Gasteiger charge is -2.18. The van der Waals surface area contributed by atoms with Gasteiger partial charge in [-0.2, -0.15) is 10.3 Å². The Morgan fingerprint density at radius 2 is 2.11 bits per heavy atom. The topological polar surface area (TPSA) is 85.7 Å². The van der Waals surface area contributed by atoms with Crippen LogP contribution in [0, 0.1) is 0 Å². The third-order valence-corrected chi connectivity index (χ3v) is 2.20. The SMILES string of the molecule is Cn1cncc1-c1n[nH]nc1C(=O)OC(C)(C)C. The zero-order valence-corrected chi connectivity index (χ0v) is 10.8. The van der Waals surface area contributed by atoms with Gasteiger partial charge < -0.3 is 9.30 Å². The zero-order valence-electron chi connectivity index (χ0n) is 10.8. The predicted octanol–water partition coefficient (Wildman–Crippen LogP) is 1.16. The van der Waals surface area contributed by atoms with Crippen LogP contribution in [0.3, 0.4) is 0 Å². The third kappa shape index (κ3) is 2.39. The number of nitrogens with one attached hydrogen (secondary N) is 1. The van der Waals surface area contributed by atoms with Crippen molar-refractivity contribution >= 4 is 5.97 Å². The van der Waals surface area contributed by atoms with Gasteiger partial charge in [-0.05, 0) is 20.8 Å². The van der Waals surface area contributed by atoms with E-state index in [1.807, 2.05) is 7.05 Å². The molecule has 0 aromatic carbocycles. The number of ether oxygens (including phenoxy) is 1. The molecule has 96 valence electrons. The molecule has 0 radical (unpaired) electrons. The van der Waals surface area contributed by atoms with Crippen LogP contribution in [0.2, 0.25) is 0 Å². The van der Waals surface area contributed by atoms with Crippen LogP contribution >= 0.6 is 0 Å². The minimum absolute atomic E-state index is 0.161. The van der Waals surface area contributed by atoms with Crippen LogP contribution in [0.15, 0.2) is 12.5 Å². The second-order valence-corrected chi connectivity index (χ2v) is 4.91. The average molecular weight is 249 g/mol. The fourth-order valence-electron chi connectivity index (χ4n) is 1.46. The molecule has 0 aliphatic heterocycles. The second kappa shape index (κ2) is 4.25. The standard InChI is InChI=1S/C11H15N5O2/c1-11(2,3)18-10(17)9-8(13-15-14-9)7-5-12-6-16(7)4/h5-6H,1-4H3,(H,13,14,15). The summed E-state index contributed by atoms with van der Waals surface area (Å²) < 4.78 is 7.03. The average Bonchev–Trinajstić information content (AvgIpc) is 2.82. The molecule has 18 heavy (non-hydrogen) atoms. The molecule has 7 heteroatoms. The highest BCUT2D eigenvalue weighted by molar-refractivity contribution is 5.93. The van der Waals surface area contributed by atoms with Crippen LogP contribution < -0.4 is 0 Å². The van der Waals surface area contributed by atoms with E-state index in [0.29, 0.717) is 11.4 Å². The van der Waals surface area contributed by atoms with Crippen molar-refractivity contribution in [3.05, 3.63) is 18.2 Å². The smallest absolute Gasteiger partial charge is 0.361 e. The van der Waals surface area contributed by atoms with E-state index in [4.69, 9.17) is 4.74 Å². The highest BCUT2D eigenvalue weighted by Crippen LogP contribution is 2.20. The lowest BCUT2D eigenvalue weighted by atomic mass is 10.2. The number of carbonyl (C=O) groups is 1. The molecular formula is C11H15N5O2. The molecule has 0 atom stereocenters. The van der Waals surface area contributed by atoms with E-state index in [2.05, 4.69) is 20.4 Å². The van der Waals surface area contributed by atoms with Crippen LogP contribution in [0.5, 0.6) is 0 Å². The van der Waals surface area contributed by atoms with E-state index in [1.165, 1.54) is 0 Å². The fraction of sp³-hybridized carbons (Fsp3) is 0.455. The number of aryl methyl sites for hydroxylation is 1. The Balaban J connectivity index is 2.34. The van der Waals surface area contributed by atoms with Crippen LogP contribution in [0.4, 0.5) is 0 Å². The highest BCUT2D eigenvalue weighted by atomic mass is 16.6. The first kappa shape index (κ1) is 12.3. The van der Waals surface area contributed by atoms with E-state index in [-0.39, 0.29) is 5.69 Å². The Morgan fingerprint density at radius 3 is 2.67 bits per heavy atom. The number of rotatable bonds is 2. The molecule has 0 saturated carbocycles. The van der Waals surface area contributed by atoms with Crippen molar-refractivity contribution in [3.8, 4) is 11.4 Å². The molecule has 0 unspecified atom stereocenters. The largest absolute Gasteiger partial charge is 0.455 e. The normalized spacial score (nSPS) is 11.6. The highest BCUT2D eigenvalue weighted by Gasteiger charge is 2.25. The minimum atomic E-state index is -0.570. The maximum Gasteiger partial charge on any atom is 0.361 e. The number of nitrogens with zero attached hydrogens (tertiary/aromatic N) is 4. The summed E-state index contributed by atoms with van der Waals surface area (Å²) in [5.74, 6) is -0.507. The number of hydrogen-bond donors (Lipinski definition) is 1. The molecule has 0 aliphatic carbocycles. The van der Waals surface area contributed by atoms with Gasteiger partial charge in [-0.25, -0.2) is 9.78 Å². The monoisotopic (exact) mass is 249 g/mol. The van der Waals surface area contributed by atoms with Gasteiger partial charge in [-0.15, -0.1) is 5.10 Å². The van der Waals surface area contributed by atoms with E-state index < -0.39 is 11.6 Å². The zero-order chi connectivity index (χ0) is 13.3. The molecule has 2 rings (SSSR count). The lowest BCUT2D eigenvalue weighted by Crippen LogP contribution is -2.24. The number of carbonyl (C=O) groups excluding carboxylic acids is 1. The van der Waals surface area contributed by atoms with Crippen molar-refractivity contribution in [2.45, 2.75) is 26.4 Å². The number of hydrogen-bond acceptors (Lipinski definition) is 5. The Hall–Kier alpha value is -2.18. The Bertz CT molecular complexity index is 564. The molecular weight excluding hydrogens is 234 g/mol. The summed E-state index contributed by atoms with van der Waals surface area (Å²) in [5, 5.41) is 10.3. The first-order valence-corrected chi connectivity index (χ1v) is 5.49. The van der Waals surface area contributed by atoms with Gasteiger partial charge in [0.15, 0.2) is 5.69 Å². The molecule has 0 aliphatic rings. The molecule has 1 N–H and O–H groups in total. The third-order valence-electron chi connectivity index (χ3n) is 2.20. The summed E-state index contributed by atoms with van der Waals surface area (Å²) in [6.45, 7) is 5.40. The van der Waals surface area contributed by atoms with Crippen molar-refractivity contribution in [3.63, 3.8) is 0 Å². The van der Waals surface area contributed by atoms with Gasteiger partial charge in [0, 0.05) is 7.05 Å². The molecule has 0 fully saturated rings. The van der Waals surface area contributed by atoms with Crippen molar-refractivity contribution in [2.75, 3.05) is 0 Å². The number of esters is 1. The number of aromatic nitrogens is 5. The molecule has 0 saturated heterocycles. The maximum atomic E-state index is 12.0. The molecule has 2 aromatic rings. The van der Waals surface area contributed by atoms with Gasteiger partial charge in [0.1, 0.15) is 11.3 Å². The maximum absolute atomic E-state index is 12.0. The van der Waals surface area contributed by atoms with Crippen LogP contribution in [0.1, 0.15) is 31.3 Å². The number of imidazole rings is 1. The summed E-state index contributed by atoms with van der Waals surface area (Å²) in [6.07, 6.45) is 3.24. The Morgan fingerprint density at radius 1 is 1.39 bits per heavy atom. The molecule has 0 bridgehead atoms. The van der Waals surface area contributed by atoms with Gasteiger partial charge in [0.05, 0.1) is 18.2 Å². The minimum Gasteiger partial charge on any atom is -0.455 e. The number of H-pyrrole nitrogens is 1. The number of aromatic amines is 1. The van der Waals surface area contributed by atoms with Gasteiger partial charge in [0.2, 0.25) is 0 Å². The van der Waals surface area contributed by atoms with E-state index in [0.717, 1.165) is 0 Å². The Labute approximate surface area is 104 Å². The first-order chi connectivity index (χ1) is 8.38. The van der Waals surface area contributed by atoms with E-state index in [1.54, 1.807) is 37.9 Å². The molecule has 2 aromatic heterocycles. The summed E-state index contributed by atoms with van der Waals surface area (Å²) in [6, 6.07) is 0. The quantitative estimate of drug-likeness (QED) is 0.807. The summed E-state index contributed by atoms with van der Waals surface area (Å²) in [5.41, 5.74) is 0.724. The molecule has 0 spiro atoms. The van der Waals surface area contributed by atoms with Gasteiger partial charge in [-0.3, -0.25) is 0 Å². The van der Waals surface area contributed by atoms with Crippen LogP contribution in [-0.4, -0.2) is 36.5 Å². The van der Waals surface area contributed by atoms with Crippen molar-refractivity contribution in [2.24, 2.45) is 7.05 Å². The van der Waals surface area contributed by atoms with Gasteiger partial charge in [-0.1, -0.05) is 0 Å².